The number of rotatable bonds is 4. The van der Waals surface area contributed by atoms with Crippen LogP contribution in [0, 0.1) is 5.92 Å². The summed E-state index contributed by atoms with van der Waals surface area (Å²) in [5, 5.41) is 5.19. The normalized spacial score (nSPS) is 18.6. The summed E-state index contributed by atoms with van der Waals surface area (Å²) in [6, 6.07) is 10.7. The number of carbonyl (C=O) groups excluding carboxylic acids is 2. The molecule has 0 spiro atoms. The first kappa shape index (κ1) is 22.7. The Morgan fingerprint density at radius 2 is 1.72 bits per heavy atom. The molecule has 1 aliphatic carbocycles. The lowest BCUT2D eigenvalue weighted by Crippen LogP contribution is -2.24. The molecule has 1 fully saturated rings. The Balaban J connectivity index is 0.00000300. The van der Waals surface area contributed by atoms with Gasteiger partial charge in [0.2, 0.25) is 5.91 Å². The summed E-state index contributed by atoms with van der Waals surface area (Å²) < 4.78 is 38.5. The van der Waals surface area contributed by atoms with Crippen LogP contribution in [0.1, 0.15) is 35.2 Å². The van der Waals surface area contributed by atoms with Crippen LogP contribution < -0.4 is 16.4 Å². The fourth-order valence-corrected chi connectivity index (χ4v) is 3.25. The smallest absolute Gasteiger partial charge is 0.328 e. The van der Waals surface area contributed by atoms with Crippen molar-refractivity contribution in [2.24, 2.45) is 11.7 Å². The van der Waals surface area contributed by atoms with Crippen LogP contribution in [0.4, 0.5) is 24.5 Å². The molecule has 2 aromatic rings. The van der Waals surface area contributed by atoms with E-state index in [0.717, 1.165) is 18.6 Å². The van der Waals surface area contributed by atoms with Crippen LogP contribution in [0.25, 0.3) is 0 Å². The van der Waals surface area contributed by atoms with E-state index >= 15 is 0 Å². The molecule has 156 valence electrons. The molecule has 1 aliphatic rings. The number of benzene rings is 2. The van der Waals surface area contributed by atoms with Gasteiger partial charge in [-0.3, -0.25) is 9.59 Å². The van der Waals surface area contributed by atoms with Crippen molar-refractivity contribution < 1.29 is 22.8 Å². The molecule has 0 aliphatic heterocycles. The van der Waals surface area contributed by atoms with E-state index in [1.807, 2.05) is 0 Å². The van der Waals surface area contributed by atoms with Gasteiger partial charge in [0.05, 0.1) is 16.8 Å². The highest BCUT2D eigenvalue weighted by Crippen LogP contribution is 2.31. The number of carbonyl (C=O) groups is 2. The third kappa shape index (κ3) is 5.71. The van der Waals surface area contributed by atoms with Gasteiger partial charge in [-0.2, -0.15) is 13.2 Å². The monoisotopic (exact) mass is 427 g/mol. The van der Waals surface area contributed by atoms with Crippen molar-refractivity contribution in [3.05, 3.63) is 59.7 Å². The highest BCUT2D eigenvalue weighted by molar-refractivity contribution is 6.10. The highest BCUT2D eigenvalue weighted by Gasteiger charge is 2.31. The summed E-state index contributed by atoms with van der Waals surface area (Å²) in [7, 11) is 0. The van der Waals surface area contributed by atoms with E-state index in [1.54, 1.807) is 18.2 Å². The van der Waals surface area contributed by atoms with Gasteiger partial charge >= 0.3 is 6.18 Å². The molecular weight excluding hydrogens is 407 g/mol. The molecule has 1 saturated carbocycles. The second kappa shape index (κ2) is 9.28. The Kier molecular flexibility index (Phi) is 7.26. The van der Waals surface area contributed by atoms with E-state index in [2.05, 4.69) is 10.6 Å². The van der Waals surface area contributed by atoms with Gasteiger partial charge in [0.1, 0.15) is 0 Å². The number of para-hydroxylation sites is 1. The number of anilines is 2. The molecule has 29 heavy (non-hydrogen) atoms. The summed E-state index contributed by atoms with van der Waals surface area (Å²) in [5.41, 5.74) is 5.46. The average Bonchev–Trinajstić information content (AvgIpc) is 3.08. The molecule has 0 bridgehead atoms. The summed E-state index contributed by atoms with van der Waals surface area (Å²) in [5.74, 6) is -1.04. The van der Waals surface area contributed by atoms with Crippen LogP contribution in [0.3, 0.4) is 0 Å². The van der Waals surface area contributed by atoms with Crippen LogP contribution in [-0.4, -0.2) is 17.9 Å². The molecule has 0 heterocycles. The Morgan fingerprint density at radius 3 is 2.38 bits per heavy atom. The van der Waals surface area contributed by atoms with Gasteiger partial charge in [0.25, 0.3) is 5.91 Å². The van der Waals surface area contributed by atoms with Crippen LogP contribution >= 0.6 is 12.4 Å². The molecular formula is C20H21ClF3N3O2. The highest BCUT2D eigenvalue weighted by atomic mass is 35.5. The first-order valence-corrected chi connectivity index (χ1v) is 8.88. The molecule has 0 saturated heterocycles. The van der Waals surface area contributed by atoms with Gasteiger partial charge in [0.15, 0.2) is 0 Å². The van der Waals surface area contributed by atoms with E-state index in [0.29, 0.717) is 18.5 Å². The number of halogens is 4. The third-order valence-electron chi connectivity index (χ3n) is 4.72. The first-order chi connectivity index (χ1) is 13.2. The molecule has 2 unspecified atom stereocenters. The van der Waals surface area contributed by atoms with Gasteiger partial charge in [-0.1, -0.05) is 18.2 Å². The second-order valence-electron chi connectivity index (χ2n) is 6.84. The standard InChI is InChI=1S/C20H20F3N3O2.ClH/c21-20(22,23)13-4-3-5-15(11-13)25-19(28)16-6-1-2-7-17(16)26-18(27)12-8-9-14(24)10-12;/h1-7,11-12,14H,8-10,24H2,(H,25,28)(H,26,27);1H. The number of nitrogens with two attached hydrogens (primary N) is 1. The minimum atomic E-state index is -4.51. The van der Waals surface area contributed by atoms with Crippen molar-refractivity contribution in [2.75, 3.05) is 10.6 Å². The van der Waals surface area contributed by atoms with Gasteiger partial charge < -0.3 is 16.4 Å². The lowest BCUT2D eigenvalue weighted by Gasteiger charge is -2.15. The summed E-state index contributed by atoms with van der Waals surface area (Å²) >= 11 is 0. The minimum absolute atomic E-state index is 0. The summed E-state index contributed by atoms with van der Waals surface area (Å²) in [6.07, 6.45) is -2.46. The Hall–Kier alpha value is -2.58. The number of alkyl halides is 3. The van der Waals surface area contributed by atoms with E-state index in [-0.39, 0.29) is 41.5 Å². The predicted octanol–water partition coefficient (Wildman–Crippen LogP) is 4.45. The van der Waals surface area contributed by atoms with Crippen molar-refractivity contribution in [3.8, 4) is 0 Å². The lowest BCUT2D eigenvalue weighted by molar-refractivity contribution is -0.137. The number of amides is 2. The maximum absolute atomic E-state index is 12.8. The lowest BCUT2D eigenvalue weighted by atomic mass is 10.1. The Morgan fingerprint density at radius 1 is 1.00 bits per heavy atom. The van der Waals surface area contributed by atoms with Crippen LogP contribution in [0.15, 0.2) is 48.5 Å². The first-order valence-electron chi connectivity index (χ1n) is 8.88. The van der Waals surface area contributed by atoms with Crippen molar-refractivity contribution in [1.29, 1.82) is 0 Å². The molecule has 2 atom stereocenters. The van der Waals surface area contributed by atoms with E-state index in [4.69, 9.17) is 5.73 Å². The molecule has 4 N–H and O–H groups in total. The fraction of sp³-hybridized carbons (Fsp3) is 0.300. The molecule has 9 heteroatoms. The fourth-order valence-electron chi connectivity index (χ4n) is 3.25. The number of nitrogens with one attached hydrogen (secondary N) is 2. The number of hydrogen-bond donors (Lipinski definition) is 3. The van der Waals surface area contributed by atoms with Gasteiger partial charge in [-0.05, 0) is 49.6 Å². The molecule has 0 aromatic heterocycles. The topological polar surface area (TPSA) is 84.2 Å². The Labute approximate surface area is 172 Å². The van der Waals surface area contributed by atoms with Crippen molar-refractivity contribution in [1.82, 2.24) is 0 Å². The zero-order valence-corrected chi connectivity index (χ0v) is 16.1. The van der Waals surface area contributed by atoms with E-state index in [1.165, 1.54) is 18.2 Å². The zero-order chi connectivity index (χ0) is 20.3. The SMILES string of the molecule is Cl.NC1CCC(C(=O)Nc2ccccc2C(=O)Nc2cccc(C(F)(F)F)c2)C1. The maximum atomic E-state index is 12.8. The van der Waals surface area contributed by atoms with Crippen LogP contribution in [0.2, 0.25) is 0 Å². The van der Waals surface area contributed by atoms with Crippen molar-refractivity contribution in [3.63, 3.8) is 0 Å². The van der Waals surface area contributed by atoms with Crippen molar-refractivity contribution >= 4 is 35.6 Å². The largest absolute Gasteiger partial charge is 0.416 e. The summed E-state index contributed by atoms with van der Waals surface area (Å²) in [4.78, 5) is 25.0. The van der Waals surface area contributed by atoms with Crippen LogP contribution in [0.5, 0.6) is 0 Å². The molecule has 2 aromatic carbocycles. The van der Waals surface area contributed by atoms with Crippen molar-refractivity contribution in [2.45, 2.75) is 31.5 Å². The zero-order valence-electron chi connectivity index (χ0n) is 15.3. The second-order valence-corrected chi connectivity index (χ2v) is 6.84. The molecule has 2 amide bonds. The Bertz CT molecular complexity index is 889. The molecule has 5 nitrogen and oxygen atoms in total. The summed E-state index contributed by atoms with van der Waals surface area (Å²) in [6.45, 7) is 0. The van der Waals surface area contributed by atoms with E-state index < -0.39 is 17.6 Å². The van der Waals surface area contributed by atoms with Crippen LogP contribution in [-0.2, 0) is 11.0 Å². The maximum Gasteiger partial charge on any atom is 0.416 e. The quantitative estimate of drug-likeness (QED) is 0.674. The molecule has 3 rings (SSSR count). The van der Waals surface area contributed by atoms with Gasteiger partial charge in [-0.25, -0.2) is 0 Å². The third-order valence-corrected chi connectivity index (χ3v) is 4.72. The minimum Gasteiger partial charge on any atom is -0.328 e. The number of hydrogen-bond acceptors (Lipinski definition) is 3. The molecule has 0 radical (unpaired) electrons. The average molecular weight is 428 g/mol. The van der Waals surface area contributed by atoms with Gasteiger partial charge in [-0.15, -0.1) is 12.4 Å². The van der Waals surface area contributed by atoms with Gasteiger partial charge in [0, 0.05) is 17.6 Å². The predicted molar refractivity (Wildman–Crippen MR) is 107 cm³/mol. The van der Waals surface area contributed by atoms with E-state index in [9.17, 15) is 22.8 Å².